The number of methoxy groups -OCH3 is 1. The fourth-order valence-electron chi connectivity index (χ4n) is 3.31. The van der Waals surface area contributed by atoms with Gasteiger partial charge in [-0.25, -0.2) is 9.97 Å². The van der Waals surface area contributed by atoms with E-state index in [9.17, 15) is 9.59 Å². The van der Waals surface area contributed by atoms with Gasteiger partial charge >= 0.3 is 0 Å². The molecule has 2 atom stereocenters. The van der Waals surface area contributed by atoms with Crippen LogP contribution < -0.4 is 10.6 Å². The molecule has 1 saturated heterocycles. The molecule has 0 aromatic carbocycles. The summed E-state index contributed by atoms with van der Waals surface area (Å²) < 4.78 is 5.57. The fraction of sp³-hybridized carbons (Fsp3) is 0.474. The highest BCUT2D eigenvalue weighted by Crippen LogP contribution is 2.21. The Hall–Kier alpha value is -2.94. The van der Waals surface area contributed by atoms with Crippen LogP contribution in [0, 0.1) is 0 Å². The third-order valence-electron chi connectivity index (χ3n) is 4.73. The van der Waals surface area contributed by atoms with Gasteiger partial charge < -0.3 is 25.3 Å². The first-order valence-corrected chi connectivity index (χ1v) is 9.28. The van der Waals surface area contributed by atoms with Gasteiger partial charge in [-0.1, -0.05) is 6.58 Å². The van der Waals surface area contributed by atoms with Gasteiger partial charge in [0.2, 0.25) is 5.91 Å². The van der Waals surface area contributed by atoms with E-state index in [1.54, 1.807) is 24.4 Å². The van der Waals surface area contributed by atoms with Crippen LogP contribution in [0.5, 0.6) is 0 Å². The number of anilines is 1. The molecular formula is C19H26N6O3. The van der Waals surface area contributed by atoms with E-state index in [-0.39, 0.29) is 30.0 Å². The van der Waals surface area contributed by atoms with Gasteiger partial charge in [0.25, 0.3) is 5.91 Å². The number of piperidine rings is 1. The second kappa shape index (κ2) is 8.39. The minimum atomic E-state index is -0.196. The molecule has 2 aromatic heterocycles. The molecule has 3 rings (SSSR count). The van der Waals surface area contributed by atoms with Crippen molar-refractivity contribution in [1.82, 2.24) is 25.2 Å². The van der Waals surface area contributed by atoms with Crippen LogP contribution in [0.25, 0.3) is 11.2 Å². The van der Waals surface area contributed by atoms with Crippen LogP contribution in [0.15, 0.2) is 25.0 Å². The molecule has 150 valence electrons. The first-order valence-electron chi connectivity index (χ1n) is 9.28. The monoisotopic (exact) mass is 386 g/mol. The van der Waals surface area contributed by atoms with Gasteiger partial charge in [-0.15, -0.1) is 0 Å². The van der Waals surface area contributed by atoms with Crippen molar-refractivity contribution in [2.24, 2.45) is 0 Å². The number of hydrogen-bond donors (Lipinski definition) is 3. The zero-order chi connectivity index (χ0) is 20.3. The quantitative estimate of drug-likeness (QED) is 0.646. The minimum absolute atomic E-state index is 0.0256. The molecule has 0 saturated carbocycles. The number of nitrogens with one attached hydrogen (secondary N) is 3. The van der Waals surface area contributed by atoms with Gasteiger partial charge in [0.05, 0.1) is 23.9 Å². The normalized spacial score (nSPS) is 19.6. The summed E-state index contributed by atoms with van der Waals surface area (Å²) in [6, 6.07) is -0.00450. The smallest absolute Gasteiger partial charge is 0.255 e. The van der Waals surface area contributed by atoms with Crippen molar-refractivity contribution in [3.63, 3.8) is 0 Å². The number of likely N-dealkylation sites (tertiary alicyclic amines) is 1. The molecule has 0 unspecified atom stereocenters. The number of H-pyrrole nitrogens is 1. The number of aromatic amines is 1. The lowest BCUT2D eigenvalue weighted by Gasteiger charge is -2.37. The summed E-state index contributed by atoms with van der Waals surface area (Å²) in [4.78, 5) is 37.9. The SMILES string of the molecule is C=CC(=O)N1CC[C@H](Nc2cnc3[nH]cc(C(=O)NC(C)C)c3n2)[C@@H](OC)C1. The molecule has 28 heavy (non-hydrogen) atoms. The predicted molar refractivity (Wildman–Crippen MR) is 106 cm³/mol. The zero-order valence-corrected chi connectivity index (χ0v) is 16.4. The van der Waals surface area contributed by atoms with Gasteiger partial charge in [-0.3, -0.25) is 9.59 Å². The Labute approximate surface area is 163 Å². The molecule has 2 amide bonds. The Morgan fingerprint density at radius 1 is 1.46 bits per heavy atom. The average molecular weight is 386 g/mol. The van der Waals surface area contributed by atoms with Crippen LogP contribution in [-0.2, 0) is 9.53 Å². The van der Waals surface area contributed by atoms with Crippen LogP contribution in [0.3, 0.4) is 0 Å². The van der Waals surface area contributed by atoms with E-state index in [1.807, 2.05) is 13.8 Å². The third-order valence-corrected chi connectivity index (χ3v) is 4.73. The number of amides is 2. The molecule has 3 heterocycles. The van der Waals surface area contributed by atoms with Gasteiger partial charge in [0.1, 0.15) is 11.3 Å². The van der Waals surface area contributed by atoms with Crippen molar-refractivity contribution in [2.45, 2.75) is 38.5 Å². The Morgan fingerprint density at radius 2 is 2.25 bits per heavy atom. The third kappa shape index (κ3) is 4.14. The molecule has 0 spiro atoms. The highest BCUT2D eigenvalue weighted by molar-refractivity contribution is 6.04. The molecule has 2 aromatic rings. The predicted octanol–water partition coefficient (Wildman–Crippen LogP) is 1.31. The molecular weight excluding hydrogens is 360 g/mol. The van der Waals surface area contributed by atoms with E-state index >= 15 is 0 Å². The Morgan fingerprint density at radius 3 is 2.93 bits per heavy atom. The van der Waals surface area contributed by atoms with E-state index in [0.717, 1.165) is 0 Å². The molecule has 0 radical (unpaired) electrons. The molecule has 0 aliphatic carbocycles. The van der Waals surface area contributed by atoms with E-state index in [2.05, 4.69) is 32.2 Å². The molecule has 0 bridgehead atoms. The van der Waals surface area contributed by atoms with Crippen LogP contribution in [0.4, 0.5) is 5.82 Å². The highest BCUT2D eigenvalue weighted by Gasteiger charge is 2.31. The van der Waals surface area contributed by atoms with E-state index < -0.39 is 0 Å². The molecule has 1 aliphatic rings. The summed E-state index contributed by atoms with van der Waals surface area (Å²) in [6.07, 6.45) is 5.06. The Kier molecular flexibility index (Phi) is 5.93. The van der Waals surface area contributed by atoms with E-state index in [4.69, 9.17) is 4.74 Å². The van der Waals surface area contributed by atoms with Crippen LogP contribution in [0.2, 0.25) is 0 Å². The molecule has 1 aliphatic heterocycles. The van der Waals surface area contributed by atoms with Crippen molar-refractivity contribution >= 4 is 28.8 Å². The topological polar surface area (TPSA) is 112 Å². The maximum absolute atomic E-state index is 12.4. The van der Waals surface area contributed by atoms with Crippen LogP contribution in [0.1, 0.15) is 30.6 Å². The number of carbonyl (C=O) groups excluding carboxylic acids is 2. The van der Waals surface area contributed by atoms with Crippen molar-refractivity contribution < 1.29 is 14.3 Å². The number of nitrogens with zero attached hydrogens (tertiary/aromatic N) is 3. The van der Waals surface area contributed by atoms with E-state index in [0.29, 0.717) is 42.1 Å². The maximum atomic E-state index is 12.4. The molecule has 9 heteroatoms. The number of fused-ring (bicyclic) bond motifs is 1. The fourth-order valence-corrected chi connectivity index (χ4v) is 3.31. The lowest BCUT2D eigenvalue weighted by Crippen LogP contribution is -2.52. The average Bonchev–Trinajstić information content (AvgIpc) is 3.10. The standard InChI is InChI=1S/C19H26N6O3/c1-5-16(26)25-7-6-13(14(10-25)28-4)23-15-9-21-18-17(24-15)12(8-20-18)19(27)22-11(2)3/h5,8-9,11,13-14H,1,6-7,10H2,2-4H3,(H,20,21)(H,22,27)(H,23,24)/t13-,14-/m0/s1. The Balaban J connectivity index is 1.77. The number of carbonyl (C=O) groups is 2. The first kappa shape index (κ1) is 19.8. The van der Waals surface area contributed by atoms with Gasteiger partial charge in [0.15, 0.2) is 5.65 Å². The Bertz CT molecular complexity index is 878. The summed E-state index contributed by atoms with van der Waals surface area (Å²) in [5.41, 5.74) is 1.51. The van der Waals surface area contributed by atoms with Crippen LogP contribution >= 0.6 is 0 Å². The summed E-state index contributed by atoms with van der Waals surface area (Å²) in [5, 5.41) is 6.20. The van der Waals surface area contributed by atoms with Gasteiger partial charge in [0, 0.05) is 32.4 Å². The number of aromatic nitrogens is 3. The summed E-state index contributed by atoms with van der Waals surface area (Å²) in [5.74, 6) is 0.259. The second-order valence-corrected chi connectivity index (χ2v) is 7.09. The number of rotatable bonds is 6. The molecule has 1 fully saturated rings. The zero-order valence-electron chi connectivity index (χ0n) is 16.4. The minimum Gasteiger partial charge on any atom is -0.377 e. The van der Waals surface area contributed by atoms with E-state index in [1.165, 1.54) is 6.08 Å². The summed E-state index contributed by atoms with van der Waals surface area (Å²) in [6.45, 7) is 8.42. The molecule has 3 N–H and O–H groups in total. The van der Waals surface area contributed by atoms with Crippen molar-refractivity contribution in [2.75, 3.05) is 25.5 Å². The summed E-state index contributed by atoms with van der Waals surface area (Å²) >= 11 is 0. The van der Waals surface area contributed by atoms with Crippen molar-refractivity contribution in [3.8, 4) is 0 Å². The van der Waals surface area contributed by atoms with Gasteiger partial charge in [-0.2, -0.15) is 0 Å². The van der Waals surface area contributed by atoms with Crippen molar-refractivity contribution in [1.29, 1.82) is 0 Å². The highest BCUT2D eigenvalue weighted by atomic mass is 16.5. The van der Waals surface area contributed by atoms with Gasteiger partial charge in [-0.05, 0) is 26.3 Å². The number of hydrogen-bond acceptors (Lipinski definition) is 6. The first-order chi connectivity index (χ1) is 13.4. The largest absolute Gasteiger partial charge is 0.377 e. The lowest BCUT2D eigenvalue weighted by molar-refractivity contribution is -0.129. The second-order valence-electron chi connectivity index (χ2n) is 7.09. The summed E-state index contributed by atoms with van der Waals surface area (Å²) in [7, 11) is 1.62. The maximum Gasteiger partial charge on any atom is 0.255 e. The molecule has 9 nitrogen and oxygen atoms in total. The van der Waals surface area contributed by atoms with Crippen molar-refractivity contribution in [3.05, 3.63) is 30.6 Å². The number of ether oxygens (including phenoxy) is 1. The lowest BCUT2D eigenvalue weighted by atomic mass is 10.0. The van der Waals surface area contributed by atoms with Crippen LogP contribution in [-0.4, -0.2) is 70.1 Å².